The van der Waals surface area contributed by atoms with Crippen LogP contribution < -0.4 is 0 Å². The summed E-state index contributed by atoms with van der Waals surface area (Å²) in [5.41, 5.74) is 1.64. The van der Waals surface area contributed by atoms with Crippen LogP contribution in [0.25, 0.3) is 0 Å². The predicted octanol–water partition coefficient (Wildman–Crippen LogP) is 3.98. The van der Waals surface area contributed by atoms with Gasteiger partial charge in [-0.2, -0.15) is 0 Å². The molecule has 0 heterocycles. The quantitative estimate of drug-likeness (QED) is 0.510. The Balaban J connectivity index is 0.000000596. The topological polar surface area (TPSA) is 83.8 Å². The Morgan fingerprint density at radius 2 is 1.00 bits per heavy atom. The molecule has 0 saturated heterocycles. The maximum Gasteiger partial charge on any atom is 0.692 e. The van der Waals surface area contributed by atoms with Gasteiger partial charge >= 0.3 is 14.2 Å². The molecule has 0 bridgehead atoms. The standard InChI is InChI=1S/C20H17O2P.HO3P/c21-19(22-23)20(16-10-4-1-5-11-16,17-12-6-2-7-13-17)18-14-8-3-9-15-18;1-4(2)3/h1-15H,23H2;(H-,1,2,3)/p+1. The zero-order valence-electron chi connectivity index (χ0n) is 14.3. The Hall–Kier alpha value is -2.42. The third-order valence-corrected chi connectivity index (χ3v) is 4.25. The molecule has 0 spiro atoms. The van der Waals surface area contributed by atoms with E-state index in [1.165, 1.54) is 0 Å². The van der Waals surface area contributed by atoms with Crippen molar-refractivity contribution in [1.29, 1.82) is 0 Å². The third-order valence-electron chi connectivity index (χ3n) is 4.03. The number of benzene rings is 3. The monoisotopic (exact) mass is 401 g/mol. The lowest BCUT2D eigenvalue weighted by Crippen LogP contribution is -2.38. The molecule has 2 N–H and O–H groups in total. The molecule has 0 amide bonds. The van der Waals surface area contributed by atoms with Gasteiger partial charge in [-0.1, -0.05) is 91.0 Å². The second-order valence-electron chi connectivity index (χ2n) is 5.51. The summed E-state index contributed by atoms with van der Waals surface area (Å²) < 4.78 is 13.9. The van der Waals surface area contributed by atoms with Crippen LogP contribution in [-0.2, 0) is 19.3 Å². The van der Waals surface area contributed by atoms with Gasteiger partial charge in [0.05, 0.1) is 9.47 Å². The molecule has 0 aliphatic rings. The van der Waals surface area contributed by atoms with Crippen molar-refractivity contribution >= 4 is 23.7 Å². The largest absolute Gasteiger partial charge is 0.692 e. The fourth-order valence-electron chi connectivity index (χ4n) is 3.01. The highest BCUT2D eigenvalue weighted by Crippen LogP contribution is 2.40. The first kappa shape index (κ1) is 20.9. The molecule has 0 aliphatic carbocycles. The Kier molecular flexibility index (Phi) is 7.78. The fraction of sp³-hybridized carbons (Fsp3) is 0.0500. The molecule has 3 rings (SSSR count). The van der Waals surface area contributed by atoms with Gasteiger partial charge in [0.25, 0.3) is 0 Å². The van der Waals surface area contributed by atoms with Crippen LogP contribution in [0.4, 0.5) is 0 Å². The van der Waals surface area contributed by atoms with Crippen molar-refractivity contribution in [2.45, 2.75) is 5.41 Å². The third kappa shape index (κ3) is 4.85. The highest BCUT2D eigenvalue weighted by molar-refractivity contribution is 7.30. The molecule has 3 aromatic rings. The summed E-state index contributed by atoms with van der Waals surface area (Å²) in [6.45, 7) is 0. The number of carbonyl (C=O) groups is 1. The maximum atomic E-state index is 13.0. The molecule has 0 aliphatic heterocycles. The zero-order chi connectivity index (χ0) is 19.7. The van der Waals surface area contributed by atoms with E-state index in [-0.39, 0.29) is 5.97 Å². The van der Waals surface area contributed by atoms with Crippen molar-refractivity contribution in [2.75, 3.05) is 0 Å². The lowest BCUT2D eigenvalue weighted by Gasteiger charge is -2.32. The molecule has 138 valence electrons. The van der Waals surface area contributed by atoms with Crippen LogP contribution >= 0.6 is 17.7 Å². The smallest absolute Gasteiger partial charge is 0.450 e. The summed E-state index contributed by atoms with van der Waals surface area (Å²) in [5, 5.41) is 0. The van der Waals surface area contributed by atoms with Crippen molar-refractivity contribution in [3.05, 3.63) is 108 Å². The average Bonchev–Trinajstić information content (AvgIpc) is 2.70. The Morgan fingerprint density at radius 3 is 1.22 bits per heavy atom. The van der Waals surface area contributed by atoms with E-state index in [9.17, 15) is 4.79 Å². The van der Waals surface area contributed by atoms with Crippen LogP contribution in [0, 0.1) is 0 Å². The zero-order valence-corrected chi connectivity index (χ0v) is 16.4. The molecule has 7 heteroatoms. The molecule has 1 unspecified atom stereocenters. The van der Waals surface area contributed by atoms with Gasteiger partial charge in [-0.05, 0) is 16.7 Å². The highest BCUT2D eigenvalue weighted by Gasteiger charge is 2.44. The second-order valence-corrected chi connectivity index (χ2v) is 6.25. The number of carbonyl (C=O) groups excluding carboxylic acids is 1. The van der Waals surface area contributed by atoms with Gasteiger partial charge in [-0.15, -0.1) is 9.79 Å². The predicted molar refractivity (Wildman–Crippen MR) is 107 cm³/mol. The molecule has 3 aromatic carbocycles. The maximum absolute atomic E-state index is 13.0. The van der Waals surface area contributed by atoms with Crippen LogP contribution in [-0.4, -0.2) is 15.8 Å². The van der Waals surface area contributed by atoms with Crippen molar-refractivity contribution in [2.24, 2.45) is 0 Å². The molecule has 0 aromatic heterocycles. The fourth-order valence-corrected chi connectivity index (χ4v) is 3.18. The minimum atomic E-state index is -2.87. The van der Waals surface area contributed by atoms with E-state index in [0.29, 0.717) is 0 Å². The number of hydrogen-bond donors (Lipinski definition) is 2. The molecular weight excluding hydrogens is 382 g/mol. The van der Waals surface area contributed by atoms with Crippen LogP contribution in [0.15, 0.2) is 91.0 Å². The van der Waals surface area contributed by atoms with E-state index in [1.807, 2.05) is 91.0 Å². The number of rotatable bonds is 4. The average molecular weight is 401 g/mol. The van der Waals surface area contributed by atoms with Gasteiger partial charge in [0.1, 0.15) is 5.41 Å². The summed E-state index contributed by atoms with van der Waals surface area (Å²) in [5.74, 6) is -0.328. The van der Waals surface area contributed by atoms with Crippen LogP contribution in [0.2, 0.25) is 0 Å². The van der Waals surface area contributed by atoms with E-state index in [0.717, 1.165) is 16.7 Å². The lowest BCUT2D eigenvalue weighted by molar-refractivity contribution is -0.136. The summed E-state index contributed by atoms with van der Waals surface area (Å²) in [6, 6.07) is 29.2. The summed E-state index contributed by atoms with van der Waals surface area (Å²) >= 11 is 0. The van der Waals surface area contributed by atoms with Crippen LogP contribution in [0.1, 0.15) is 16.7 Å². The second kappa shape index (κ2) is 10.1. The molecule has 0 radical (unpaired) electrons. The highest BCUT2D eigenvalue weighted by atomic mass is 31.1. The minimum absolute atomic E-state index is 0.328. The summed E-state index contributed by atoms with van der Waals surface area (Å²) in [6.07, 6.45) is 0. The Morgan fingerprint density at radius 1 is 0.741 bits per heavy atom. The van der Waals surface area contributed by atoms with E-state index in [2.05, 4.69) is 9.47 Å². The molecule has 5 nitrogen and oxygen atoms in total. The van der Waals surface area contributed by atoms with Gasteiger partial charge in [-0.3, -0.25) is 4.79 Å². The summed E-state index contributed by atoms with van der Waals surface area (Å²) in [4.78, 5) is 27.2. The normalized spacial score (nSPS) is 10.3. The molecule has 1 atom stereocenters. The Bertz CT molecular complexity index is 770. The van der Waals surface area contributed by atoms with Crippen LogP contribution in [0.3, 0.4) is 0 Å². The lowest BCUT2D eigenvalue weighted by atomic mass is 9.69. The van der Waals surface area contributed by atoms with Crippen LogP contribution in [0.5, 0.6) is 0 Å². The Labute approximate surface area is 160 Å². The SMILES string of the molecule is O=C(OP)C(c1ccccc1)(c1ccccc1)c1ccccc1.O=[P+](O)O. The van der Waals surface area contributed by atoms with Crippen molar-refractivity contribution in [3.8, 4) is 0 Å². The van der Waals surface area contributed by atoms with Gasteiger partial charge in [0.15, 0.2) is 0 Å². The number of hydrogen-bond acceptors (Lipinski definition) is 3. The van der Waals surface area contributed by atoms with E-state index in [4.69, 9.17) is 18.9 Å². The van der Waals surface area contributed by atoms with Gasteiger partial charge < -0.3 is 4.52 Å². The van der Waals surface area contributed by atoms with Gasteiger partial charge in [0.2, 0.25) is 0 Å². The first-order valence-electron chi connectivity index (χ1n) is 7.96. The molecule has 27 heavy (non-hydrogen) atoms. The van der Waals surface area contributed by atoms with E-state index < -0.39 is 13.7 Å². The first-order chi connectivity index (χ1) is 13.0. The van der Waals surface area contributed by atoms with Crippen molar-refractivity contribution < 1.29 is 23.7 Å². The van der Waals surface area contributed by atoms with Gasteiger partial charge in [0, 0.05) is 4.57 Å². The van der Waals surface area contributed by atoms with E-state index in [1.54, 1.807) is 0 Å². The van der Waals surface area contributed by atoms with Crippen molar-refractivity contribution in [1.82, 2.24) is 0 Å². The van der Waals surface area contributed by atoms with E-state index >= 15 is 0 Å². The molecular formula is C20H19O5P2+. The summed E-state index contributed by atoms with van der Waals surface area (Å²) in [7, 11) is -0.787. The van der Waals surface area contributed by atoms with Gasteiger partial charge in [-0.25, -0.2) is 0 Å². The first-order valence-corrected chi connectivity index (χ1v) is 9.60. The van der Waals surface area contributed by atoms with Crippen molar-refractivity contribution in [3.63, 3.8) is 0 Å². The molecule has 0 fully saturated rings. The molecule has 0 saturated carbocycles. The minimum Gasteiger partial charge on any atom is -0.450 e.